The lowest BCUT2D eigenvalue weighted by Gasteiger charge is -2.03. The molecule has 1 amide bonds. The number of ether oxygens (including phenoxy) is 1. The fraction of sp³-hybridized carbons (Fsp3) is 0.0625. The molecule has 0 bridgehead atoms. The summed E-state index contributed by atoms with van der Waals surface area (Å²) in [5.41, 5.74) is 5.94. The minimum atomic E-state index is -0.338. The van der Waals surface area contributed by atoms with Crippen LogP contribution in [0.5, 0.6) is 5.75 Å². The summed E-state index contributed by atoms with van der Waals surface area (Å²) in [7, 11) is 1.56. The van der Waals surface area contributed by atoms with E-state index in [9.17, 15) is 9.59 Å². The van der Waals surface area contributed by atoms with E-state index in [4.69, 9.17) is 4.74 Å². The van der Waals surface area contributed by atoms with Crippen LogP contribution in [-0.4, -0.2) is 23.8 Å². The van der Waals surface area contributed by atoms with Crippen molar-refractivity contribution in [2.45, 2.75) is 0 Å². The van der Waals surface area contributed by atoms with Gasteiger partial charge in [0.1, 0.15) is 5.75 Å². The molecule has 2 aromatic rings. The third-order valence-electron chi connectivity index (χ3n) is 2.80. The van der Waals surface area contributed by atoms with Crippen LogP contribution in [0.1, 0.15) is 20.7 Å². The van der Waals surface area contributed by atoms with Gasteiger partial charge in [0.05, 0.1) is 12.7 Å². The Morgan fingerprint density at radius 3 is 2.55 bits per heavy atom. The molecule has 6 nitrogen and oxygen atoms in total. The minimum absolute atomic E-state index is 0.189. The summed E-state index contributed by atoms with van der Waals surface area (Å²) in [4.78, 5) is 27.4. The van der Waals surface area contributed by atoms with Gasteiger partial charge >= 0.3 is 0 Å². The van der Waals surface area contributed by atoms with Gasteiger partial charge in [-0.2, -0.15) is 0 Å². The van der Waals surface area contributed by atoms with Crippen LogP contribution >= 0.6 is 0 Å². The van der Waals surface area contributed by atoms with Gasteiger partial charge in [0.2, 0.25) is 0 Å². The zero-order valence-corrected chi connectivity index (χ0v) is 11.9. The van der Waals surface area contributed by atoms with Crippen molar-refractivity contribution in [2.75, 3.05) is 7.11 Å². The molecule has 0 spiro atoms. The Morgan fingerprint density at radius 1 is 1.14 bits per heavy atom. The van der Waals surface area contributed by atoms with Crippen LogP contribution in [0.4, 0.5) is 0 Å². The molecule has 0 aliphatic carbocycles. The van der Waals surface area contributed by atoms with Crippen molar-refractivity contribution in [3.05, 3.63) is 72.2 Å². The summed E-state index contributed by atoms with van der Waals surface area (Å²) in [6.07, 6.45) is 5.72. The highest BCUT2D eigenvalue weighted by Gasteiger charge is 2.03. The number of benzene rings is 1. The van der Waals surface area contributed by atoms with E-state index in [2.05, 4.69) is 15.8 Å². The van der Waals surface area contributed by atoms with Crippen LogP contribution in [0.3, 0.4) is 0 Å². The first-order valence-corrected chi connectivity index (χ1v) is 6.51. The fourth-order valence-corrected chi connectivity index (χ4v) is 1.65. The van der Waals surface area contributed by atoms with E-state index < -0.39 is 0 Å². The number of ketones is 1. The van der Waals surface area contributed by atoms with E-state index in [-0.39, 0.29) is 11.7 Å². The third kappa shape index (κ3) is 4.17. The average molecular weight is 297 g/mol. The molecule has 0 unspecified atom stereocenters. The van der Waals surface area contributed by atoms with Crippen LogP contribution in [0.15, 0.2) is 61.1 Å². The molecule has 1 aromatic heterocycles. The second kappa shape index (κ2) is 7.58. The first-order valence-electron chi connectivity index (χ1n) is 6.51. The Kier molecular flexibility index (Phi) is 5.25. The number of methoxy groups -OCH3 is 1. The summed E-state index contributed by atoms with van der Waals surface area (Å²) in [5, 5.41) is 0. The Balaban J connectivity index is 1.84. The predicted octanol–water partition coefficient (Wildman–Crippen LogP) is 1.72. The SMILES string of the molecule is COc1ccc(C(=O)C=CNNC(=O)c2cccnc2)cc1. The maximum absolute atomic E-state index is 11.9. The number of nitrogens with one attached hydrogen (secondary N) is 2. The van der Waals surface area contributed by atoms with Crippen LogP contribution < -0.4 is 15.6 Å². The summed E-state index contributed by atoms with van der Waals surface area (Å²) < 4.78 is 5.02. The van der Waals surface area contributed by atoms with E-state index in [1.54, 1.807) is 49.7 Å². The lowest BCUT2D eigenvalue weighted by Crippen LogP contribution is -2.33. The smallest absolute Gasteiger partial charge is 0.271 e. The maximum Gasteiger partial charge on any atom is 0.271 e. The number of carbonyl (C=O) groups excluding carboxylic acids is 2. The highest BCUT2D eigenvalue weighted by molar-refractivity contribution is 6.04. The number of nitrogens with zero attached hydrogens (tertiary/aromatic N) is 1. The molecule has 0 aliphatic rings. The molecule has 22 heavy (non-hydrogen) atoms. The molecule has 6 heteroatoms. The monoisotopic (exact) mass is 297 g/mol. The number of rotatable bonds is 6. The third-order valence-corrected chi connectivity index (χ3v) is 2.80. The molecule has 0 atom stereocenters. The lowest BCUT2D eigenvalue weighted by molar-refractivity contribution is 0.0938. The van der Waals surface area contributed by atoms with E-state index in [0.29, 0.717) is 16.9 Å². The first-order chi connectivity index (χ1) is 10.7. The van der Waals surface area contributed by atoms with Crippen molar-refractivity contribution in [1.29, 1.82) is 0 Å². The lowest BCUT2D eigenvalue weighted by atomic mass is 10.1. The number of amides is 1. The molecule has 0 fully saturated rings. The molecule has 0 saturated carbocycles. The minimum Gasteiger partial charge on any atom is -0.497 e. The van der Waals surface area contributed by atoms with Gasteiger partial charge in [-0.25, -0.2) is 0 Å². The van der Waals surface area contributed by atoms with Crippen molar-refractivity contribution in [3.8, 4) is 5.75 Å². The van der Waals surface area contributed by atoms with Crippen molar-refractivity contribution in [3.63, 3.8) is 0 Å². The number of carbonyl (C=O) groups is 2. The number of allylic oxidation sites excluding steroid dienone is 1. The average Bonchev–Trinajstić information content (AvgIpc) is 2.59. The second-order valence-corrected chi connectivity index (χ2v) is 4.27. The normalized spacial score (nSPS) is 10.2. The van der Waals surface area contributed by atoms with Gasteiger partial charge in [0, 0.05) is 30.2 Å². The Morgan fingerprint density at radius 2 is 1.91 bits per heavy atom. The van der Waals surface area contributed by atoms with Crippen molar-refractivity contribution in [1.82, 2.24) is 15.8 Å². The summed E-state index contributed by atoms with van der Waals surface area (Å²) in [6, 6.07) is 10.0. The van der Waals surface area contributed by atoms with E-state index in [1.165, 1.54) is 18.5 Å². The van der Waals surface area contributed by atoms with Gasteiger partial charge in [-0.3, -0.25) is 20.0 Å². The highest BCUT2D eigenvalue weighted by atomic mass is 16.5. The zero-order chi connectivity index (χ0) is 15.8. The van der Waals surface area contributed by atoms with Gasteiger partial charge in [0.25, 0.3) is 5.91 Å². The molecular formula is C16H15N3O3. The van der Waals surface area contributed by atoms with Crippen molar-refractivity contribution < 1.29 is 14.3 Å². The standard InChI is InChI=1S/C16H15N3O3/c1-22-14-6-4-12(5-7-14)15(20)8-10-18-19-16(21)13-3-2-9-17-11-13/h2-11,18H,1H3,(H,19,21). The molecule has 0 radical (unpaired) electrons. The quantitative estimate of drug-likeness (QED) is 0.482. The van der Waals surface area contributed by atoms with Crippen LogP contribution in [0, 0.1) is 0 Å². The Bertz CT molecular complexity index is 667. The number of aromatic nitrogens is 1. The van der Waals surface area contributed by atoms with E-state index in [0.717, 1.165) is 0 Å². The van der Waals surface area contributed by atoms with Crippen molar-refractivity contribution >= 4 is 11.7 Å². The first kappa shape index (κ1) is 15.2. The van der Waals surface area contributed by atoms with Crippen LogP contribution in [0.25, 0.3) is 0 Å². The topological polar surface area (TPSA) is 80.3 Å². The van der Waals surface area contributed by atoms with Crippen LogP contribution in [0.2, 0.25) is 0 Å². The van der Waals surface area contributed by atoms with E-state index in [1.807, 2.05) is 0 Å². The molecule has 1 heterocycles. The van der Waals surface area contributed by atoms with E-state index >= 15 is 0 Å². The highest BCUT2D eigenvalue weighted by Crippen LogP contribution is 2.11. The molecule has 1 aromatic carbocycles. The summed E-state index contributed by atoms with van der Waals surface area (Å²) >= 11 is 0. The second-order valence-electron chi connectivity index (χ2n) is 4.27. The molecule has 0 aliphatic heterocycles. The number of pyridine rings is 1. The maximum atomic E-state index is 11.9. The van der Waals surface area contributed by atoms with Gasteiger partial charge < -0.3 is 10.2 Å². The van der Waals surface area contributed by atoms with Gasteiger partial charge in [-0.1, -0.05) is 0 Å². The number of hydrazine groups is 1. The van der Waals surface area contributed by atoms with Gasteiger partial charge in [-0.15, -0.1) is 0 Å². The van der Waals surface area contributed by atoms with Crippen LogP contribution in [-0.2, 0) is 0 Å². The van der Waals surface area contributed by atoms with Gasteiger partial charge in [0.15, 0.2) is 5.78 Å². The molecule has 112 valence electrons. The molecule has 2 rings (SSSR count). The van der Waals surface area contributed by atoms with Crippen molar-refractivity contribution in [2.24, 2.45) is 0 Å². The summed E-state index contributed by atoms with van der Waals surface area (Å²) in [5.74, 6) is 0.155. The number of hydrogen-bond donors (Lipinski definition) is 2. The largest absolute Gasteiger partial charge is 0.497 e. The number of hydrogen-bond acceptors (Lipinski definition) is 5. The predicted molar refractivity (Wildman–Crippen MR) is 81.3 cm³/mol. The molecule has 2 N–H and O–H groups in total. The molecular weight excluding hydrogens is 282 g/mol. The fourth-order valence-electron chi connectivity index (χ4n) is 1.65. The molecule has 0 saturated heterocycles. The zero-order valence-electron chi connectivity index (χ0n) is 11.9. The summed E-state index contributed by atoms with van der Waals surface area (Å²) in [6.45, 7) is 0. The Hall–Kier alpha value is -3.15. The van der Waals surface area contributed by atoms with Gasteiger partial charge in [-0.05, 0) is 36.4 Å². The Labute approximate surface area is 127 Å².